The van der Waals surface area contributed by atoms with Gasteiger partial charge < -0.3 is 5.32 Å². The number of carbonyl (C=O) groups is 1. The Morgan fingerprint density at radius 2 is 2.05 bits per heavy atom. The summed E-state index contributed by atoms with van der Waals surface area (Å²) in [4.78, 5) is 12.2. The number of pyridine rings is 1. The topological polar surface area (TPSA) is 71.3 Å². The summed E-state index contributed by atoms with van der Waals surface area (Å²) in [5, 5.41) is 13.7. The van der Waals surface area contributed by atoms with Crippen LogP contribution in [0, 0.1) is 0 Å². The van der Waals surface area contributed by atoms with E-state index in [4.69, 9.17) is 0 Å². The SMILES string of the molecule is CNc1cccc(C(=O)Nc2nnc3ccccn23)c1. The van der Waals surface area contributed by atoms with Crippen LogP contribution >= 0.6 is 0 Å². The Morgan fingerprint density at radius 1 is 1.15 bits per heavy atom. The van der Waals surface area contributed by atoms with Gasteiger partial charge in [-0.3, -0.25) is 14.5 Å². The number of fused-ring (bicyclic) bond motifs is 1. The molecule has 0 saturated carbocycles. The number of carbonyl (C=O) groups excluding carboxylic acids is 1. The highest BCUT2D eigenvalue weighted by atomic mass is 16.1. The van der Waals surface area contributed by atoms with E-state index >= 15 is 0 Å². The first-order chi connectivity index (χ1) is 9.78. The lowest BCUT2D eigenvalue weighted by molar-refractivity contribution is 0.102. The first kappa shape index (κ1) is 12.2. The average molecular weight is 267 g/mol. The van der Waals surface area contributed by atoms with E-state index in [0.717, 1.165) is 5.69 Å². The molecule has 0 bridgehead atoms. The molecule has 6 nitrogen and oxygen atoms in total. The fourth-order valence-corrected chi connectivity index (χ4v) is 1.92. The molecule has 0 saturated heterocycles. The summed E-state index contributed by atoms with van der Waals surface area (Å²) in [6.45, 7) is 0. The highest BCUT2D eigenvalue weighted by molar-refractivity contribution is 6.04. The van der Waals surface area contributed by atoms with E-state index in [1.165, 1.54) is 0 Å². The first-order valence-electron chi connectivity index (χ1n) is 6.17. The van der Waals surface area contributed by atoms with E-state index in [9.17, 15) is 4.79 Å². The smallest absolute Gasteiger partial charge is 0.258 e. The van der Waals surface area contributed by atoms with Crippen molar-refractivity contribution in [1.29, 1.82) is 0 Å². The number of nitrogens with zero attached hydrogens (tertiary/aromatic N) is 3. The minimum Gasteiger partial charge on any atom is -0.388 e. The van der Waals surface area contributed by atoms with Gasteiger partial charge in [0.15, 0.2) is 5.65 Å². The molecule has 100 valence electrons. The van der Waals surface area contributed by atoms with Crippen LogP contribution in [-0.4, -0.2) is 27.6 Å². The molecule has 0 fully saturated rings. The van der Waals surface area contributed by atoms with Gasteiger partial charge in [-0.05, 0) is 30.3 Å². The Bertz CT molecular complexity index is 765. The van der Waals surface area contributed by atoms with Crippen LogP contribution in [0.3, 0.4) is 0 Å². The largest absolute Gasteiger partial charge is 0.388 e. The molecule has 2 heterocycles. The summed E-state index contributed by atoms with van der Waals surface area (Å²) < 4.78 is 1.72. The molecule has 2 N–H and O–H groups in total. The van der Waals surface area contributed by atoms with Gasteiger partial charge in [-0.1, -0.05) is 12.1 Å². The van der Waals surface area contributed by atoms with Crippen LogP contribution in [0.5, 0.6) is 0 Å². The fraction of sp³-hybridized carbons (Fsp3) is 0.0714. The van der Waals surface area contributed by atoms with Crippen LogP contribution < -0.4 is 10.6 Å². The van der Waals surface area contributed by atoms with Crippen molar-refractivity contribution in [3.8, 4) is 0 Å². The summed E-state index contributed by atoms with van der Waals surface area (Å²) in [6.07, 6.45) is 1.80. The van der Waals surface area contributed by atoms with Crippen molar-refractivity contribution in [3.05, 3.63) is 54.2 Å². The fourth-order valence-electron chi connectivity index (χ4n) is 1.92. The Labute approximate surface area is 115 Å². The quantitative estimate of drug-likeness (QED) is 0.761. The Balaban J connectivity index is 1.88. The van der Waals surface area contributed by atoms with Gasteiger partial charge in [0.05, 0.1) is 0 Å². The molecule has 1 amide bonds. The van der Waals surface area contributed by atoms with Gasteiger partial charge in [0.2, 0.25) is 5.95 Å². The molecule has 2 aromatic heterocycles. The Hall–Kier alpha value is -2.89. The monoisotopic (exact) mass is 267 g/mol. The van der Waals surface area contributed by atoms with Crippen molar-refractivity contribution in [2.75, 3.05) is 17.7 Å². The van der Waals surface area contributed by atoms with Crippen molar-refractivity contribution in [3.63, 3.8) is 0 Å². The molecular weight excluding hydrogens is 254 g/mol. The molecule has 6 heteroatoms. The zero-order valence-corrected chi connectivity index (χ0v) is 10.9. The van der Waals surface area contributed by atoms with Crippen molar-refractivity contribution in [1.82, 2.24) is 14.6 Å². The molecule has 0 spiro atoms. The molecule has 3 aromatic rings. The van der Waals surface area contributed by atoms with Gasteiger partial charge in [0.25, 0.3) is 5.91 Å². The summed E-state index contributed by atoms with van der Waals surface area (Å²) >= 11 is 0. The lowest BCUT2D eigenvalue weighted by Gasteiger charge is -2.05. The molecule has 0 unspecified atom stereocenters. The van der Waals surface area contributed by atoms with Crippen molar-refractivity contribution >= 4 is 23.2 Å². The number of hydrogen-bond donors (Lipinski definition) is 2. The van der Waals surface area contributed by atoms with Crippen LogP contribution in [0.1, 0.15) is 10.4 Å². The molecule has 20 heavy (non-hydrogen) atoms. The van der Waals surface area contributed by atoms with Gasteiger partial charge in [0, 0.05) is 24.5 Å². The van der Waals surface area contributed by atoms with Crippen LogP contribution in [0.15, 0.2) is 48.7 Å². The Kier molecular flexibility index (Phi) is 3.04. The van der Waals surface area contributed by atoms with Gasteiger partial charge in [-0.2, -0.15) is 0 Å². The molecule has 3 rings (SSSR count). The zero-order chi connectivity index (χ0) is 13.9. The average Bonchev–Trinajstić information content (AvgIpc) is 2.90. The number of benzene rings is 1. The van der Waals surface area contributed by atoms with Crippen molar-refractivity contribution < 1.29 is 4.79 Å². The van der Waals surface area contributed by atoms with E-state index in [2.05, 4.69) is 20.8 Å². The van der Waals surface area contributed by atoms with Gasteiger partial charge >= 0.3 is 0 Å². The zero-order valence-electron chi connectivity index (χ0n) is 10.9. The maximum Gasteiger partial charge on any atom is 0.258 e. The molecule has 0 aliphatic rings. The van der Waals surface area contributed by atoms with Crippen LogP contribution in [-0.2, 0) is 0 Å². The van der Waals surface area contributed by atoms with Crippen LogP contribution in [0.25, 0.3) is 5.65 Å². The lowest BCUT2D eigenvalue weighted by atomic mass is 10.2. The number of aromatic nitrogens is 3. The Morgan fingerprint density at radius 3 is 2.90 bits per heavy atom. The van der Waals surface area contributed by atoms with Crippen molar-refractivity contribution in [2.45, 2.75) is 0 Å². The van der Waals surface area contributed by atoms with E-state index in [0.29, 0.717) is 17.2 Å². The highest BCUT2D eigenvalue weighted by Gasteiger charge is 2.11. The van der Waals surface area contributed by atoms with Gasteiger partial charge in [-0.15, -0.1) is 10.2 Å². The second-order valence-corrected chi connectivity index (χ2v) is 4.24. The number of amides is 1. The maximum atomic E-state index is 12.2. The normalized spacial score (nSPS) is 10.4. The van der Waals surface area contributed by atoms with E-state index in [1.54, 1.807) is 22.7 Å². The standard InChI is InChI=1S/C14H13N5O/c1-15-11-6-4-5-10(9-11)13(20)16-14-18-17-12-7-2-3-8-19(12)14/h2-9,15H,1H3,(H,16,18,20). The predicted molar refractivity (Wildman–Crippen MR) is 76.9 cm³/mol. The van der Waals surface area contributed by atoms with Gasteiger partial charge in [-0.25, -0.2) is 0 Å². The summed E-state index contributed by atoms with van der Waals surface area (Å²) in [7, 11) is 1.81. The minimum absolute atomic E-state index is 0.222. The molecule has 0 atom stereocenters. The van der Waals surface area contributed by atoms with Crippen LogP contribution in [0.2, 0.25) is 0 Å². The molecular formula is C14H13N5O. The first-order valence-corrected chi connectivity index (χ1v) is 6.17. The summed E-state index contributed by atoms with van der Waals surface area (Å²) in [6, 6.07) is 12.8. The molecule has 0 radical (unpaired) electrons. The highest BCUT2D eigenvalue weighted by Crippen LogP contribution is 2.13. The number of rotatable bonds is 3. The van der Waals surface area contributed by atoms with Crippen molar-refractivity contribution in [2.24, 2.45) is 0 Å². The lowest BCUT2D eigenvalue weighted by Crippen LogP contribution is -2.14. The van der Waals surface area contributed by atoms with E-state index < -0.39 is 0 Å². The third-order valence-corrected chi connectivity index (χ3v) is 2.95. The maximum absolute atomic E-state index is 12.2. The molecule has 0 aliphatic carbocycles. The van der Waals surface area contributed by atoms with E-state index in [-0.39, 0.29) is 5.91 Å². The number of anilines is 2. The summed E-state index contributed by atoms with van der Waals surface area (Å²) in [5.41, 5.74) is 2.13. The second kappa shape index (κ2) is 5.00. The third-order valence-electron chi connectivity index (χ3n) is 2.95. The third kappa shape index (κ3) is 2.18. The summed E-state index contributed by atoms with van der Waals surface area (Å²) in [5.74, 6) is 0.181. The second-order valence-electron chi connectivity index (χ2n) is 4.24. The number of nitrogens with one attached hydrogen (secondary N) is 2. The minimum atomic E-state index is -0.222. The van der Waals surface area contributed by atoms with E-state index in [1.807, 2.05) is 37.4 Å². The number of hydrogen-bond acceptors (Lipinski definition) is 4. The predicted octanol–water partition coefficient (Wildman–Crippen LogP) is 2.02. The molecule has 1 aromatic carbocycles. The van der Waals surface area contributed by atoms with Gasteiger partial charge in [0.1, 0.15) is 0 Å². The van der Waals surface area contributed by atoms with Crippen LogP contribution in [0.4, 0.5) is 11.6 Å². The molecule has 0 aliphatic heterocycles.